The van der Waals surface area contributed by atoms with E-state index in [1.165, 1.54) is 17.4 Å². The molecule has 4 nitrogen and oxygen atoms in total. The number of halogens is 2. The monoisotopic (exact) mass is 385 g/mol. The lowest BCUT2D eigenvalue weighted by molar-refractivity contribution is 0.0983. The minimum Gasteiger partial charge on any atom is -0.294 e. The van der Waals surface area contributed by atoms with Gasteiger partial charge in [0.1, 0.15) is 11.5 Å². The summed E-state index contributed by atoms with van der Waals surface area (Å²) < 4.78 is 15.6. The fraction of sp³-hybridized carbons (Fsp3) is 0.105. The molecule has 0 aliphatic heterocycles. The molecule has 0 saturated heterocycles. The molecule has 0 spiro atoms. The maximum absolute atomic E-state index is 13.8. The first-order valence-corrected chi connectivity index (χ1v) is 9.23. The summed E-state index contributed by atoms with van der Waals surface area (Å²) in [7, 11) is 0. The fourth-order valence-electron chi connectivity index (χ4n) is 2.77. The molecule has 0 unspecified atom stereocenters. The van der Waals surface area contributed by atoms with Crippen molar-refractivity contribution in [3.8, 4) is 10.6 Å². The molecule has 4 aromatic rings. The lowest BCUT2D eigenvalue weighted by Crippen LogP contribution is -2.01. The molecule has 26 heavy (non-hydrogen) atoms. The number of nitrogens with zero attached hydrogens (tertiary/aromatic N) is 3. The summed E-state index contributed by atoms with van der Waals surface area (Å²) in [6, 6.07) is 10.1. The van der Waals surface area contributed by atoms with Crippen LogP contribution in [0.1, 0.15) is 22.3 Å². The predicted molar refractivity (Wildman–Crippen MR) is 100 cm³/mol. The Bertz CT molecular complexity index is 1080. The molecule has 0 fully saturated rings. The van der Waals surface area contributed by atoms with Crippen LogP contribution in [-0.2, 0) is 6.42 Å². The minimum atomic E-state index is -0.381. The number of aromatic nitrogens is 3. The highest BCUT2D eigenvalue weighted by molar-refractivity contribution is 7.13. The van der Waals surface area contributed by atoms with Gasteiger partial charge in [0.2, 0.25) is 0 Å². The van der Waals surface area contributed by atoms with Gasteiger partial charge in [0, 0.05) is 34.1 Å². The third-order valence-electron chi connectivity index (χ3n) is 4.12. The molecule has 3 heterocycles. The van der Waals surface area contributed by atoms with Crippen molar-refractivity contribution in [3.63, 3.8) is 0 Å². The van der Waals surface area contributed by atoms with Crippen molar-refractivity contribution in [1.82, 2.24) is 14.6 Å². The molecule has 0 radical (unpaired) electrons. The Morgan fingerprint density at radius 2 is 2.15 bits per heavy atom. The maximum atomic E-state index is 13.8. The van der Waals surface area contributed by atoms with Crippen LogP contribution in [0.25, 0.3) is 16.2 Å². The predicted octanol–water partition coefficient (Wildman–Crippen LogP) is 5.07. The quantitative estimate of drug-likeness (QED) is 0.451. The molecule has 0 saturated carbocycles. The smallest absolute Gasteiger partial charge is 0.164 e. The van der Waals surface area contributed by atoms with E-state index in [0.29, 0.717) is 16.1 Å². The number of carbonyl (C=O) groups excluding carboxylic acids is 1. The summed E-state index contributed by atoms with van der Waals surface area (Å²) in [5.41, 5.74) is 2.56. The Kier molecular flexibility index (Phi) is 4.53. The lowest BCUT2D eigenvalue weighted by atomic mass is 10.0. The number of hydrogen-bond acceptors (Lipinski definition) is 4. The fourth-order valence-corrected chi connectivity index (χ4v) is 3.93. The molecular weight excluding hydrogens is 373 g/mol. The molecule has 3 aromatic heterocycles. The number of carbonyl (C=O) groups is 1. The van der Waals surface area contributed by atoms with Crippen molar-refractivity contribution in [1.29, 1.82) is 0 Å². The van der Waals surface area contributed by atoms with Crippen LogP contribution >= 0.6 is 22.9 Å². The van der Waals surface area contributed by atoms with Crippen molar-refractivity contribution in [2.24, 2.45) is 0 Å². The Balaban J connectivity index is 1.53. The van der Waals surface area contributed by atoms with E-state index in [1.807, 2.05) is 23.6 Å². The minimum absolute atomic E-state index is 0.0476. The first-order valence-electron chi connectivity index (χ1n) is 7.97. The van der Waals surface area contributed by atoms with E-state index in [4.69, 9.17) is 11.6 Å². The number of thiophene rings is 1. The van der Waals surface area contributed by atoms with Crippen molar-refractivity contribution in [2.45, 2.75) is 12.8 Å². The molecule has 130 valence electrons. The van der Waals surface area contributed by atoms with E-state index in [0.717, 1.165) is 16.2 Å². The molecule has 0 bridgehead atoms. The Labute approximate surface area is 157 Å². The molecule has 7 heteroatoms. The van der Waals surface area contributed by atoms with Gasteiger partial charge < -0.3 is 0 Å². The van der Waals surface area contributed by atoms with Crippen LogP contribution in [0.2, 0.25) is 5.02 Å². The molecule has 0 N–H and O–H groups in total. The summed E-state index contributed by atoms with van der Waals surface area (Å²) in [5.74, 6) is -0.429. The first kappa shape index (κ1) is 16.9. The van der Waals surface area contributed by atoms with E-state index >= 15 is 0 Å². The van der Waals surface area contributed by atoms with Gasteiger partial charge in [0.05, 0.1) is 11.1 Å². The Morgan fingerprint density at radius 1 is 1.27 bits per heavy atom. The molecule has 1 aromatic carbocycles. The van der Waals surface area contributed by atoms with Crippen molar-refractivity contribution < 1.29 is 9.18 Å². The van der Waals surface area contributed by atoms with Gasteiger partial charge in [-0.25, -0.2) is 13.9 Å². The van der Waals surface area contributed by atoms with Crippen LogP contribution in [0.3, 0.4) is 0 Å². The number of benzene rings is 1. The Morgan fingerprint density at radius 3 is 3.00 bits per heavy atom. The largest absolute Gasteiger partial charge is 0.294 e. The second kappa shape index (κ2) is 6.97. The SMILES string of the molecule is O=C(CCc1c(F)cccc1Cl)c1csc(-c2cnc3cccnn23)c1. The molecule has 4 rings (SSSR count). The van der Waals surface area contributed by atoms with Gasteiger partial charge in [-0.1, -0.05) is 17.7 Å². The van der Waals surface area contributed by atoms with E-state index in [2.05, 4.69) is 10.1 Å². The highest BCUT2D eigenvalue weighted by Gasteiger charge is 2.15. The maximum Gasteiger partial charge on any atom is 0.164 e. The number of imidazole rings is 1. The summed E-state index contributed by atoms with van der Waals surface area (Å²) in [6.07, 6.45) is 3.90. The van der Waals surface area contributed by atoms with Gasteiger partial charge in [-0.3, -0.25) is 4.79 Å². The lowest BCUT2D eigenvalue weighted by Gasteiger charge is -2.04. The Hall–Kier alpha value is -2.57. The number of Topliss-reactive ketones (excluding diaryl/α,β-unsaturated/α-hetero) is 1. The van der Waals surface area contributed by atoms with Crippen molar-refractivity contribution in [2.75, 3.05) is 0 Å². The number of fused-ring (bicyclic) bond motifs is 1. The van der Waals surface area contributed by atoms with E-state index < -0.39 is 0 Å². The molecule has 0 amide bonds. The summed E-state index contributed by atoms with van der Waals surface area (Å²) in [5, 5.41) is 6.44. The highest BCUT2D eigenvalue weighted by atomic mass is 35.5. The van der Waals surface area contributed by atoms with Gasteiger partial charge >= 0.3 is 0 Å². The number of rotatable bonds is 5. The molecule has 0 aliphatic rings. The third kappa shape index (κ3) is 3.13. The molecule has 0 atom stereocenters. The van der Waals surface area contributed by atoms with Gasteiger partial charge in [0.15, 0.2) is 11.4 Å². The van der Waals surface area contributed by atoms with Crippen LogP contribution in [0.4, 0.5) is 4.39 Å². The summed E-state index contributed by atoms with van der Waals surface area (Å²) in [6.45, 7) is 0. The first-order chi connectivity index (χ1) is 12.6. The van der Waals surface area contributed by atoms with Gasteiger partial charge in [-0.2, -0.15) is 5.10 Å². The van der Waals surface area contributed by atoms with Crippen LogP contribution in [0, 0.1) is 5.82 Å². The molecular formula is C19H13ClFN3OS. The zero-order valence-electron chi connectivity index (χ0n) is 13.5. The average Bonchev–Trinajstić information content (AvgIpc) is 3.28. The average molecular weight is 386 g/mol. The van der Waals surface area contributed by atoms with Gasteiger partial charge in [-0.05, 0) is 36.8 Å². The second-order valence-electron chi connectivity index (χ2n) is 5.76. The van der Waals surface area contributed by atoms with Crippen LogP contribution in [-0.4, -0.2) is 20.4 Å². The number of ketones is 1. The highest BCUT2D eigenvalue weighted by Crippen LogP contribution is 2.28. The van der Waals surface area contributed by atoms with Gasteiger partial charge in [-0.15, -0.1) is 11.3 Å². The summed E-state index contributed by atoms with van der Waals surface area (Å²) in [4.78, 5) is 17.7. The normalized spacial score (nSPS) is 11.2. The van der Waals surface area contributed by atoms with E-state index in [9.17, 15) is 9.18 Å². The van der Waals surface area contributed by atoms with Crippen LogP contribution < -0.4 is 0 Å². The zero-order valence-corrected chi connectivity index (χ0v) is 15.1. The van der Waals surface area contributed by atoms with Crippen molar-refractivity contribution >= 4 is 34.4 Å². The van der Waals surface area contributed by atoms with Crippen LogP contribution in [0.5, 0.6) is 0 Å². The van der Waals surface area contributed by atoms with E-state index in [1.54, 1.807) is 29.0 Å². The molecule has 0 aliphatic carbocycles. The zero-order chi connectivity index (χ0) is 18.1. The second-order valence-corrected chi connectivity index (χ2v) is 7.08. The van der Waals surface area contributed by atoms with Gasteiger partial charge in [0.25, 0.3) is 0 Å². The standard InChI is InChI=1S/C19H13ClFN3OS/c20-14-3-1-4-15(21)13(14)6-7-17(25)12-9-18(26-11-12)16-10-22-19-5-2-8-23-24(16)19/h1-5,8-11H,6-7H2. The summed E-state index contributed by atoms with van der Waals surface area (Å²) >= 11 is 7.48. The van der Waals surface area contributed by atoms with Crippen LogP contribution in [0.15, 0.2) is 54.2 Å². The van der Waals surface area contributed by atoms with E-state index in [-0.39, 0.29) is 24.4 Å². The number of hydrogen-bond donors (Lipinski definition) is 0. The third-order valence-corrected chi connectivity index (χ3v) is 5.42. The topological polar surface area (TPSA) is 47.3 Å². The van der Waals surface area contributed by atoms with Crippen molar-refractivity contribution in [3.05, 3.63) is 76.1 Å².